The number of anilines is 2. The highest BCUT2D eigenvalue weighted by atomic mass is 16.2. The van der Waals surface area contributed by atoms with Crippen LogP contribution in [0.4, 0.5) is 11.4 Å². The SMILES string of the molecule is CCCn1ccc2cc(NC(=O)C3CC(=O)Nc4ccccc43)ccc21. The van der Waals surface area contributed by atoms with Gasteiger partial charge in [-0.1, -0.05) is 25.1 Å². The molecule has 1 aromatic heterocycles. The van der Waals surface area contributed by atoms with Gasteiger partial charge in [0.05, 0.1) is 5.92 Å². The van der Waals surface area contributed by atoms with E-state index in [9.17, 15) is 9.59 Å². The summed E-state index contributed by atoms with van der Waals surface area (Å²) in [6.07, 6.45) is 3.31. The lowest BCUT2D eigenvalue weighted by Crippen LogP contribution is -2.30. The molecule has 5 nitrogen and oxygen atoms in total. The fourth-order valence-electron chi connectivity index (χ4n) is 3.59. The Labute approximate surface area is 152 Å². The number of fused-ring (bicyclic) bond motifs is 2. The van der Waals surface area contributed by atoms with Gasteiger partial charge in [0.25, 0.3) is 0 Å². The molecule has 132 valence electrons. The molecule has 2 heterocycles. The van der Waals surface area contributed by atoms with E-state index in [0.29, 0.717) is 0 Å². The van der Waals surface area contributed by atoms with Gasteiger partial charge in [-0.2, -0.15) is 0 Å². The lowest BCUT2D eigenvalue weighted by molar-refractivity contribution is -0.123. The summed E-state index contributed by atoms with van der Waals surface area (Å²) in [7, 11) is 0. The Hall–Kier alpha value is -3.08. The molecule has 1 atom stereocenters. The summed E-state index contributed by atoms with van der Waals surface area (Å²) in [5.74, 6) is -0.754. The fraction of sp³-hybridized carbons (Fsp3) is 0.238. The number of nitrogens with one attached hydrogen (secondary N) is 2. The zero-order chi connectivity index (χ0) is 18.1. The summed E-state index contributed by atoms with van der Waals surface area (Å²) in [5.41, 5.74) is 3.49. The van der Waals surface area contributed by atoms with Crippen LogP contribution in [0.3, 0.4) is 0 Å². The Morgan fingerprint density at radius 2 is 2.08 bits per heavy atom. The first kappa shape index (κ1) is 16.4. The molecule has 1 aliphatic heterocycles. The molecule has 3 aromatic rings. The fourth-order valence-corrected chi connectivity index (χ4v) is 3.59. The number of benzene rings is 2. The summed E-state index contributed by atoms with van der Waals surface area (Å²) in [6.45, 7) is 3.13. The van der Waals surface area contributed by atoms with E-state index in [-0.39, 0.29) is 18.2 Å². The maximum absolute atomic E-state index is 12.8. The molecule has 0 aliphatic carbocycles. The molecule has 0 saturated carbocycles. The van der Waals surface area contributed by atoms with E-state index in [4.69, 9.17) is 0 Å². The summed E-state index contributed by atoms with van der Waals surface area (Å²) >= 11 is 0. The molecule has 0 bridgehead atoms. The molecule has 1 unspecified atom stereocenters. The minimum absolute atomic E-state index is 0.129. The van der Waals surface area contributed by atoms with E-state index in [0.717, 1.165) is 40.8 Å². The van der Waals surface area contributed by atoms with Crippen LogP contribution >= 0.6 is 0 Å². The van der Waals surface area contributed by atoms with Crippen LogP contribution in [0.1, 0.15) is 31.2 Å². The van der Waals surface area contributed by atoms with Crippen molar-refractivity contribution in [1.82, 2.24) is 4.57 Å². The van der Waals surface area contributed by atoms with Crippen LogP contribution in [0.15, 0.2) is 54.7 Å². The average molecular weight is 347 g/mol. The smallest absolute Gasteiger partial charge is 0.232 e. The number of para-hydroxylation sites is 1. The zero-order valence-electron chi connectivity index (χ0n) is 14.7. The molecule has 2 aromatic carbocycles. The van der Waals surface area contributed by atoms with Crippen molar-refractivity contribution in [2.24, 2.45) is 0 Å². The van der Waals surface area contributed by atoms with Gasteiger partial charge >= 0.3 is 0 Å². The molecule has 5 heteroatoms. The van der Waals surface area contributed by atoms with E-state index in [2.05, 4.69) is 34.4 Å². The number of nitrogens with zero attached hydrogens (tertiary/aromatic N) is 1. The van der Waals surface area contributed by atoms with Gasteiger partial charge in [0.2, 0.25) is 11.8 Å². The van der Waals surface area contributed by atoms with Crippen LogP contribution in [-0.2, 0) is 16.1 Å². The van der Waals surface area contributed by atoms with Gasteiger partial charge in [-0.05, 0) is 42.3 Å². The maximum Gasteiger partial charge on any atom is 0.232 e. The topological polar surface area (TPSA) is 63.1 Å². The Balaban J connectivity index is 1.58. The van der Waals surface area contributed by atoms with E-state index >= 15 is 0 Å². The molecule has 1 aliphatic rings. The summed E-state index contributed by atoms with van der Waals surface area (Å²) in [4.78, 5) is 24.8. The van der Waals surface area contributed by atoms with E-state index in [1.807, 2.05) is 42.5 Å². The normalized spacial score (nSPS) is 16.2. The predicted octanol–water partition coefficient (Wildman–Crippen LogP) is 4.12. The monoisotopic (exact) mass is 347 g/mol. The predicted molar refractivity (Wildman–Crippen MR) is 103 cm³/mol. The van der Waals surface area contributed by atoms with Crippen LogP contribution in [0.2, 0.25) is 0 Å². The molecule has 0 spiro atoms. The van der Waals surface area contributed by atoms with Crippen molar-refractivity contribution in [2.45, 2.75) is 32.2 Å². The minimum Gasteiger partial charge on any atom is -0.347 e. The third-order valence-electron chi connectivity index (χ3n) is 4.82. The molecule has 2 amide bonds. The quantitative estimate of drug-likeness (QED) is 0.746. The first-order chi connectivity index (χ1) is 12.7. The van der Waals surface area contributed by atoms with E-state index in [1.165, 1.54) is 0 Å². The molecule has 0 radical (unpaired) electrons. The summed E-state index contributed by atoms with van der Waals surface area (Å²) in [6, 6.07) is 15.5. The number of carbonyl (C=O) groups excluding carboxylic acids is 2. The van der Waals surface area contributed by atoms with Gasteiger partial charge in [-0.3, -0.25) is 9.59 Å². The van der Waals surface area contributed by atoms with Crippen molar-refractivity contribution in [3.05, 3.63) is 60.3 Å². The Kier molecular flexibility index (Phi) is 4.21. The molecule has 0 saturated heterocycles. The number of rotatable bonds is 4. The van der Waals surface area contributed by atoms with Gasteiger partial charge in [0.1, 0.15) is 0 Å². The van der Waals surface area contributed by atoms with Gasteiger partial charge in [0, 0.05) is 41.4 Å². The van der Waals surface area contributed by atoms with E-state index in [1.54, 1.807) is 0 Å². The van der Waals surface area contributed by atoms with Gasteiger partial charge in [-0.25, -0.2) is 0 Å². The van der Waals surface area contributed by atoms with Gasteiger partial charge in [0.15, 0.2) is 0 Å². The molecule has 26 heavy (non-hydrogen) atoms. The number of hydrogen-bond donors (Lipinski definition) is 2. The highest BCUT2D eigenvalue weighted by molar-refractivity contribution is 6.05. The Bertz CT molecular complexity index is 990. The number of aryl methyl sites for hydroxylation is 1. The lowest BCUT2D eigenvalue weighted by Gasteiger charge is -2.24. The first-order valence-corrected chi connectivity index (χ1v) is 8.94. The lowest BCUT2D eigenvalue weighted by atomic mass is 9.90. The number of amides is 2. The van der Waals surface area contributed by atoms with Crippen molar-refractivity contribution < 1.29 is 9.59 Å². The Morgan fingerprint density at radius 3 is 2.92 bits per heavy atom. The maximum atomic E-state index is 12.8. The molecule has 0 fully saturated rings. The van der Waals surface area contributed by atoms with Crippen LogP contribution in [0.5, 0.6) is 0 Å². The van der Waals surface area contributed by atoms with Crippen molar-refractivity contribution in [1.29, 1.82) is 0 Å². The molecular formula is C21H21N3O2. The average Bonchev–Trinajstić information content (AvgIpc) is 3.03. The van der Waals surface area contributed by atoms with Crippen LogP contribution in [0, 0.1) is 0 Å². The van der Waals surface area contributed by atoms with Crippen molar-refractivity contribution in [2.75, 3.05) is 10.6 Å². The first-order valence-electron chi connectivity index (χ1n) is 8.94. The highest BCUT2D eigenvalue weighted by Crippen LogP contribution is 2.33. The van der Waals surface area contributed by atoms with Gasteiger partial charge in [-0.15, -0.1) is 0 Å². The van der Waals surface area contributed by atoms with Crippen molar-refractivity contribution in [3.63, 3.8) is 0 Å². The summed E-state index contributed by atoms with van der Waals surface area (Å²) < 4.78 is 2.21. The molecule has 4 rings (SSSR count). The second kappa shape index (κ2) is 6.67. The van der Waals surface area contributed by atoms with Crippen molar-refractivity contribution in [3.8, 4) is 0 Å². The third kappa shape index (κ3) is 2.96. The van der Waals surface area contributed by atoms with Crippen LogP contribution in [0.25, 0.3) is 10.9 Å². The number of hydrogen-bond acceptors (Lipinski definition) is 2. The standard InChI is InChI=1S/C21H21N3O2/c1-2-10-24-11-9-14-12-15(7-8-19(14)24)22-21(26)17-13-20(25)23-18-6-4-3-5-16(17)18/h3-9,11-12,17H,2,10,13H2,1H3,(H,22,26)(H,23,25). The number of aromatic nitrogens is 1. The van der Waals surface area contributed by atoms with Gasteiger partial charge < -0.3 is 15.2 Å². The second-order valence-corrected chi connectivity index (χ2v) is 6.66. The van der Waals surface area contributed by atoms with Crippen LogP contribution in [-0.4, -0.2) is 16.4 Å². The second-order valence-electron chi connectivity index (χ2n) is 6.66. The largest absolute Gasteiger partial charge is 0.347 e. The minimum atomic E-state index is -0.472. The van der Waals surface area contributed by atoms with Crippen molar-refractivity contribution >= 4 is 34.1 Å². The van der Waals surface area contributed by atoms with Crippen LogP contribution < -0.4 is 10.6 Å². The number of carbonyl (C=O) groups is 2. The molecular weight excluding hydrogens is 326 g/mol. The zero-order valence-corrected chi connectivity index (χ0v) is 14.7. The third-order valence-corrected chi connectivity index (χ3v) is 4.82. The molecule has 2 N–H and O–H groups in total. The Morgan fingerprint density at radius 1 is 1.23 bits per heavy atom. The highest BCUT2D eigenvalue weighted by Gasteiger charge is 2.30. The van der Waals surface area contributed by atoms with E-state index < -0.39 is 5.92 Å². The summed E-state index contributed by atoms with van der Waals surface area (Å²) in [5, 5.41) is 6.90.